The van der Waals surface area contributed by atoms with E-state index in [9.17, 15) is 0 Å². The molecule has 3 heteroatoms. The Kier molecular flexibility index (Phi) is 9.42. The van der Waals surface area contributed by atoms with E-state index in [1.807, 2.05) is 18.2 Å². The average Bonchev–Trinajstić information content (AvgIpc) is 2.48. The van der Waals surface area contributed by atoms with Crippen LogP contribution >= 0.6 is 0 Å². The quantitative estimate of drug-likeness (QED) is 0.375. The number of rotatable bonds is 12. The molecular formula is C17H30O3. The molecule has 1 aliphatic heterocycles. The summed E-state index contributed by atoms with van der Waals surface area (Å²) in [4.78, 5) is 0. The molecule has 0 atom stereocenters. The predicted molar refractivity (Wildman–Crippen MR) is 82.3 cm³/mol. The predicted octanol–water partition coefficient (Wildman–Crippen LogP) is 4.93. The molecule has 0 spiro atoms. The van der Waals surface area contributed by atoms with Gasteiger partial charge in [0.1, 0.15) is 0 Å². The number of ether oxygens (including phenoxy) is 3. The third-order valence-corrected chi connectivity index (χ3v) is 3.32. The van der Waals surface area contributed by atoms with E-state index in [-0.39, 0.29) is 0 Å². The second kappa shape index (κ2) is 10.9. The lowest BCUT2D eigenvalue weighted by molar-refractivity contribution is -0.331. The molecule has 1 heterocycles. The lowest BCUT2D eigenvalue weighted by Gasteiger charge is -2.30. The van der Waals surface area contributed by atoms with Gasteiger partial charge in [0.05, 0.1) is 19.5 Å². The first-order chi connectivity index (χ1) is 9.83. The molecule has 3 nitrogen and oxygen atoms in total. The van der Waals surface area contributed by atoms with Gasteiger partial charge in [0.15, 0.2) is 0 Å². The third-order valence-electron chi connectivity index (χ3n) is 3.32. The summed E-state index contributed by atoms with van der Waals surface area (Å²) in [7, 11) is 0. The van der Waals surface area contributed by atoms with Gasteiger partial charge in [-0.3, -0.25) is 0 Å². The summed E-state index contributed by atoms with van der Waals surface area (Å²) in [6.07, 6.45) is 16.7. The van der Waals surface area contributed by atoms with Gasteiger partial charge in [-0.15, -0.1) is 0 Å². The van der Waals surface area contributed by atoms with Crippen LogP contribution in [0.3, 0.4) is 0 Å². The highest BCUT2D eigenvalue weighted by atomic mass is 16.9. The fourth-order valence-corrected chi connectivity index (χ4v) is 2.08. The molecule has 0 aromatic rings. The molecule has 0 aliphatic carbocycles. The van der Waals surface area contributed by atoms with Gasteiger partial charge in [0.2, 0.25) is 0 Å². The van der Waals surface area contributed by atoms with Crippen LogP contribution in [-0.2, 0) is 14.2 Å². The maximum Gasteiger partial charge on any atom is 0.348 e. The van der Waals surface area contributed by atoms with Crippen molar-refractivity contribution in [1.29, 1.82) is 0 Å². The van der Waals surface area contributed by atoms with Crippen molar-refractivity contribution < 1.29 is 14.2 Å². The first-order valence-electron chi connectivity index (χ1n) is 8.13. The summed E-state index contributed by atoms with van der Waals surface area (Å²) in [6.45, 7) is 5.76. The van der Waals surface area contributed by atoms with Crippen molar-refractivity contribution in [3.63, 3.8) is 0 Å². The van der Waals surface area contributed by atoms with E-state index >= 15 is 0 Å². The van der Waals surface area contributed by atoms with Crippen molar-refractivity contribution in [2.24, 2.45) is 0 Å². The van der Waals surface area contributed by atoms with E-state index in [2.05, 4.69) is 13.8 Å². The summed E-state index contributed by atoms with van der Waals surface area (Å²) in [5, 5.41) is 0. The van der Waals surface area contributed by atoms with Crippen LogP contribution < -0.4 is 0 Å². The number of unbranched alkanes of at least 4 members (excludes halogenated alkanes) is 6. The molecule has 0 saturated carbocycles. The van der Waals surface area contributed by atoms with Crippen LogP contribution in [0.2, 0.25) is 0 Å². The Morgan fingerprint density at radius 3 is 1.85 bits per heavy atom. The molecule has 0 aromatic heterocycles. The Morgan fingerprint density at radius 1 is 0.800 bits per heavy atom. The van der Waals surface area contributed by atoms with E-state index in [1.54, 1.807) is 6.26 Å². The second-order valence-electron chi connectivity index (χ2n) is 5.23. The first-order valence-corrected chi connectivity index (χ1v) is 8.13. The Balaban J connectivity index is 2.26. The SMILES string of the molecule is CCCCCCOC1(OCCCCCC)C=CC=CO1. The molecule has 0 aromatic carbocycles. The monoisotopic (exact) mass is 282 g/mol. The van der Waals surface area contributed by atoms with Crippen LogP contribution in [0.4, 0.5) is 0 Å². The van der Waals surface area contributed by atoms with Crippen molar-refractivity contribution in [2.75, 3.05) is 13.2 Å². The molecule has 0 saturated heterocycles. The minimum absolute atomic E-state index is 0.674. The largest absolute Gasteiger partial charge is 0.444 e. The minimum Gasteiger partial charge on any atom is -0.444 e. The molecular weight excluding hydrogens is 252 g/mol. The topological polar surface area (TPSA) is 27.7 Å². The summed E-state index contributed by atoms with van der Waals surface area (Å²) in [6, 6.07) is 0. The van der Waals surface area contributed by atoms with Gasteiger partial charge in [0, 0.05) is 6.08 Å². The number of hydrogen-bond donors (Lipinski definition) is 0. The van der Waals surface area contributed by atoms with Crippen LogP contribution in [-0.4, -0.2) is 19.2 Å². The van der Waals surface area contributed by atoms with E-state index in [1.165, 1.54) is 38.5 Å². The van der Waals surface area contributed by atoms with Crippen LogP contribution in [0.1, 0.15) is 65.2 Å². The first kappa shape index (κ1) is 17.3. The van der Waals surface area contributed by atoms with E-state index in [4.69, 9.17) is 14.2 Å². The molecule has 116 valence electrons. The van der Waals surface area contributed by atoms with Crippen molar-refractivity contribution >= 4 is 0 Å². The Morgan fingerprint density at radius 2 is 1.40 bits per heavy atom. The molecule has 1 aliphatic rings. The van der Waals surface area contributed by atoms with Crippen molar-refractivity contribution in [2.45, 2.75) is 71.2 Å². The van der Waals surface area contributed by atoms with Gasteiger partial charge in [-0.2, -0.15) is 0 Å². The van der Waals surface area contributed by atoms with Crippen LogP contribution in [0.25, 0.3) is 0 Å². The van der Waals surface area contributed by atoms with Gasteiger partial charge in [-0.05, 0) is 18.9 Å². The highest BCUT2D eigenvalue weighted by molar-refractivity contribution is 5.08. The van der Waals surface area contributed by atoms with Gasteiger partial charge in [-0.25, -0.2) is 0 Å². The normalized spacial score (nSPS) is 16.3. The zero-order chi connectivity index (χ0) is 14.5. The van der Waals surface area contributed by atoms with Crippen molar-refractivity contribution in [3.8, 4) is 0 Å². The Bertz CT molecular complexity index is 270. The van der Waals surface area contributed by atoms with E-state index in [0.29, 0.717) is 13.2 Å². The Labute approximate surface area is 124 Å². The highest BCUT2D eigenvalue weighted by Gasteiger charge is 2.31. The molecule has 0 fully saturated rings. The summed E-state index contributed by atoms with van der Waals surface area (Å²) in [5.74, 6) is -0.993. The second-order valence-corrected chi connectivity index (χ2v) is 5.23. The third kappa shape index (κ3) is 7.11. The van der Waals surface area contributed by atoms with E-state index < -0.39 is 5.97 Å². The zero-order valence-corrected chi connectivity index (χ0v) is 13.1. The summed E-state index contributed by atoms with van der Waals surface area (Å²) >= 11 is 0. The zero-order valence-electron chi connectivity index (χ0n) is 13.1. The van der Waals surface area contributed by atoms with Gasteiger partial charge >= 0.3 is 5.97 Å². The fourth-order valence-electron chi connectivity index (χ4n) is 2.08. The fraction of sp³-hybridized carbons (Fsp3) is 0.765. The summed E-state index contributed by atoms with van der Waals surface area (Å²) in [5.41, 5.74) is 0. The van der Waals surface area contributed by atoms with Gasteiger partial charge in [0.25, 0.3) is 0 Å². The van der Waals surface area contributed by atoms with Crippen LogP contribution in [0, 0.1) is 0 Å². The molecule has 1 rings (SSSR count). The minimum atomic E-state index is -0.993. The lowest BCUT2D eigenvalue weighted by atomic mass is 10.2. The Hall–Kier alpha value is -0.800. The standard InChI is InChI=1S/C17H30O3/c1-3-5-7-10-14-18-17(13-9-12-16-20-17)19-15-11-8-6-4-2/h9,12-13,16H,3-8,10-11,14-15H2,1-2H3. The summed E-state index contributed by atoms with van der Waals surface area (Å²) < 4.78 is 17.2. The molecule has 0 radical (unpaired) electrons. The van der Waals surface area contributed by atoms with Gasteiger partial charge in [-0.1, -0.05) is 58.4 Å². The average molecular weight is 282 g/mol. The molecule has 0 amide bonds. The lowest BCUT2D eigenvalue weighted by Crippen LogP contribution is -2.37. The van der Waals surface area contributed by atoms with Crippen molar-refractivity contribution in [3.05, 3.63) is 24.5 Å². The molecule has 0 unspecified atom stereocenters. The number of allylic oxidation sites excluding steroid dienone is 2. The van der Waals surface area contributed by atoms with Crippen molar-refractivity contribution in [1.82, 2.24) is 0 Å². The number of hydrogen-bond acceptors (Lipinski definition) is 3. The molecule has 0 bridgehead atoms. The van der Waals surface area contributed by atoms with E-state index in [0.717, 1.165) is 12.8 Å². The highest BCUT2D eigenvalue weighted by Crippen LogP contribution is 2.22. The maximum atomic E-state index is 5.84. The molecule has 0 N–H and O–H groups in total. The van der Waals surface area contributed by atoms with Crippen LogP contribution in [0.5, 0.6) is 0 Å². The smallest absolute Gasteiger partial charge is 0.348 e. The van der Waals surface area contributed by atoms with Gasteiger partial charge < -0.3 is 14.2 Å². The maximum absolute atomic E-state index is 5.84. The molecule has 20 heavy (non-hydrogen) atoms. The van der Waals surface area contributed by atoms with Crippen LogP contribution in [0.15, 0.2) is 24.5 Å².